The van der Waals surface area contributed by atoms with Crippen LogP contribution in [0.5, 0.6) is 11.5 Å². The van der Waals surface area contributed by atoms with E-state index in [1.807, 2.05) is 18.2 Å². The van der Waals surface area contributed by atoms with Gasteiger partial charge in [0.1, 0.15) is 11.6 Å². The minimum absolute atomic E-state index is 0.244. The van der Waals surface area contributed by atoms with Crippen molar-refractivity contribution < 1.29 is 13.9 Å². The van der Waals surface area contributed by atoms with Crippen molar-refractivity contribution in [2.45, 2.75) is 6.42 Å². The van der Waals surface area contributed by atoms with Gasteiger partial charge < -0.3 is 14.5 Å². The number of nitrogens with zero attached hydrogens (tertiary/aromatic N) is 1. The van der Waals surface area contributed by atoms with Gasteiger partial charge in [-0.3, -0.25) is 0 Å². The number of aromatic amines is 1. The molecule has 5 heteroatoms. The molecule has 0 saturated carbocycles. The number of rotatable bonds is 4. The van der Waals surface area contributed by atoms with Crippen LogP contribution < -0.4 is 9.47 Å². The van der Waals surface area contributed by atoms with Crippen LogP contribution in [0.4, 0.5) is 4.39 Å². The number of hydrogen-bond donors (Lipinski definition) is 1. The summed E-state index contributed by atoms with van der Waals surface area (Å²) in [6, 6.07) is 10.2. The Morgan fingerprint density at radius 1 is 1.10 bits per heavy atom. The van der Waals surface area contributed by atoms with Gasteiger partial charge in [0.05, 0.1) is 25.3 Å². The first kappa shape index (κ1) is 13.4. The smallest absolute Gasteiger partial charge is 0.163 e. The molecule has 1 heterocycles. The molecule has 1 N–H and O–H groups in total. The summed E-state index contributed by atoms with van der Waals surface area (Å²) >= 11 is 0. The standard InChI is InChI=1S/C16H15FN2O2/c1-20-14-8-12-13(9-15(14)21-2)19-16(18-12)7-10-4-3-5-11(17)6-10/h3-6,8-9H,7H2,1-2H3,(H,18,19). The highest BCUT2D eigenvalue weighted by Gasteiger charge is 2.10. The van der Waals surface area contributed by atoms with Crippen molar-refractivity contribution in [3.8, 4) is 11.5 Å². The number of H-pyrrole nitrogens is 1. The average molecular weight is 286 g/mol. The summed E-state index contributed by atoms with van der Waals surface area (Å²) in [6.45, 7) is 0. The summed E-state index contributed by atoms with van der Waals surface area (Å²) in [5, 5.41) is 0. The molecule has 1 aromatic heterocycles. The second-order valence-electron chi connectivity index (χ2n) is 4.71. The summed E-state index contributed by atoms with van der Waals surface area (Å²) in [4.78, 5) is 7.73. The first-order chi connectivity index (χ1) is 10.2. The van der Waals surface area contributed by atoms with Crippen LogP contribution in [-0.4, -0.2) is 24.2 Å². The Kier molecular flexibility index (Phi) is 3.48. The van der Waals surface area contributed by atoms with Gasteiger partial charge in [-0.15, -0.1) is 0 Å². The first-order valence-electron chi connectivity index (χ1n) is 6.54. The van der Waals surface area contributed by atoms with Gasteiger partial charge in [-0.05, 0) is 17.7 Å². The zero-order chi connectivity index (χ0) is 14.8. The van der Waals surface area contributed by atoms with E-state index >= 15 is 0 Å². The van der Waals surface area contributed by atoms with Crippen molar-refractivity contribution in [3.63, 3.8) is 0 Å². The van der Waals surface area contributed by atoms with Crippen LogP contribution in [0.2, 0.25) is 0 Å². The Morgan fingerprint density at radius 2 is 1.86 bits per heavy atom. The molecule has 0 fully saturated rings. The Morgan fingerprint density at radius 3 is 2.57 bits per heavy atom. The molecule has 0 aliphatic rings. The van der Waals surface area contributed by atoms with Crippen LogP contribution in [0.25, 0.3) is 11.0 Å². The van der Waals surface area contributed by atoms with Crippen molar-refractivity contribution in [2.75, 3.05) is 14.2 Å². The largest absolute Gasteiger partial charge is 0.493 e. The lowest BCUT2D eigenvalue weighted by atomic mass is 10.1. The lowest BCUT2D eigenvalue weighted by Gasteiger charge is -2.06. The number of nitrogens with one attached hydrogen (secondary N) is 1. The lowest BCUT2D eigenvalue weighted by Crippen LogP contribution is -1.91. The van der Waals surface area contributed by atoms with Gasteiger partial charge in [0.15, 0.2) is 11.5 Å². The summed E-state index contributed by atoms with van der Waals surface area (Å²) in [7, 11) is 3.18. The van der Waals surface area contributed by atoms with Crippen LogP contribution in [0.15, 0.2) is 36.4 Å². The molecule has 0 radical (unpaired) electrons. The Bertz CT molecular complexity index is 742. The number of benzene rings is 2. The van der Waals surface area contributed by atoms with Gasteiger partial charge in [0, 0.05) is 18.6 Å². The highest BCUT2D eigenvalue weighted by molar-refractivity contribution is 5.79. The molecule has 0 atom stereocenters. The molecule has 3 aromatic rings. The van der Waals surface area contributed by atoms with E-state index in [1.165, 1.54) is 12.1 Å². The Balaban J connectivity index is 1.97. The predicted molar refractivity (Wildman–Crippen MR) is 78.4 cm³/mol. The molecule has 4 nitrogen and oxygen atoms in total. The van der Waals surface area contributed by atoms with E-state index in [-0.39, 0.29) is 5.82 Å². The van der Waals surface area contributed by atoms with Crippen molar-refractivity contribution in [1.29, 1.82) is 0 Å². The molecule has 0 aliphatic heterocycles. The van der Waals surface area contributed by atoms with Crippen molar-refractivity contribution in [2.24, 2.45) is 0 Å². The second-order valence-corrected chi connectivity index (χ2v) is 4.71. The quantitative estimate of drug-likeness (QED) is 0.800. The molecular weight excluding hydrogens is 271 g/mol. The van der Waals surface area contributed by atoms with Gasteiger partial charge in [0.2, 0.25) is 0 Å². The van der Waals surface area contributed by atoms with Crippen LogP contribution in [-0.2, 0) is 6.42 Å². The van der Waals surface area contributed by atoms with Crippen LogP contribution in [0, 0.1) is 5.82 Å². The highest BCUT2D eigenvalue weighted by atomic mass is 19.1. The number of methoxy groups -OCH3 is 2. The third-order valence-corrected chi connectivity index (χ3v) is 3.30. The predicted octanol–water partition coefficient (Wildman–Crippen LogP) is 3.31. The fourth-order valence-electron chi connectivity index (χ4n) is 2.31. The molecule has 0 saturated heterocycles. The van der Waals surface area contributed by atoms with Crippen LogP contribution in [0.1, 0.15) is 11.4 Å². The summed E-state index contributed by atoms with van der Waals surface area (Å²) in [6.07, 6.45) is 0.539. The fourth-order valence-corrected chi connectivity index (χ4v) is 2.31. The molecule has 3 rings (SSSR count). The second kappa shape index (κ2) is 5.44. The minimum atomic E-state index is -0.244. The zero-order valence-electron chi connectivity index (χ0n) is 11.8. The molecule has 0 amide bonds. The summed E-state index contributed by atoms with van der Waals surface area (Å²) in [5.41, 5.74) is 2.52. The maximum atomic E-state index is 13.2. The van der Waals surface area contributed by atoms with E-state index in [0.717, 1.165) is 22.4 Å². The highest BCUT2D eigenvalue weighted by Crippen LogP contribution is 2.31. The van der Waals surface area contributed by atoms with E-state index in [4.69, 9.17) is 9.47 Å². The van der Waals surface area contributed by atoms with Gasteiger partial charge in [0.25, 0.3) is 0 Å². The molecule has 0 spiro atoms. The SMILES string of the molecule is COc1cc2nc(Cc3cccc(F)c3)[nH]c2cc1OC. The summed E-state index contributed by atoms with van der Waals surface area (Å²) < 4.78 is 23.7. The van der Waals surface area contributed by atoms with Crippen LogP contribution in [0.3, 0.4) is 0 Å². The molecular formula is C16H15FN2O2. The minimum Gasteiger partial charge on any atom is -0.493 e. The molecule has 0 unspecified atom stereocenters. The molecule has 0 aliphatic carbocycles. The topological polar surface area (TPSA) is 47.1 Å². The molecule has 0 bridgehead atoms. The summed E-state index contributed by atoms with van der Waals surface area (Å²) in [5.74, 6) is 1.80. The fraction of sp³-hybridized carbons (Fsp3) is 0.188. The molecule has 108 valence electrons. The van der Waals surface area contributed by atoms with Gasteiger partial charge >= 0.3 is 0 Å². The van der Waals surface area contributed by atoms with E-state index in [2.05, 4.69) is 9.97 Å². The number of hydrogen-bond acceptors (Lipinski definition) is 3. The third kappa shape index (κ3) is 2.67. The third-order valence-electron chi connectivity index (χ3n) is 3.30. The monoisotopic (exact) mass is 286 g/mol. The van der Waals surface area contributed by atoms with E-state index in [1.54, 1.807) is 20.3 Å². The Hall–Kier alpha value is -2.56. The van der Waals surface area contributed by atoms with Crippen molar-refractivity contribution >= 4 is 11.0 Å². The number of aromatic nitrogens is 2. The zero-order valence-corrected chi connectivity index (χ0v) is 11.8. The van der Waals surface area contributed by atoms with E-state index < -0.39 is 0 Å². The van der Waals surface area contributed by atoms with E-state index in [9.17, 15) is 4.39 Å². The maximum absolute atomic E-state index is 13.2. The molecule has 21 heavy (non-hydrogen) atoms. The van der Waals surface area contributed by atoms with Crippen molar-refractivity contribution in [1.82, 2.24) is 9.97 Å². The maximum Gasteiger partial charge on any atom is 0.163 e. The van der Waals surface area contributed by atoms with Gasteiger partial charge in [-0.2, -0.15) is 0 Å². The van der Waals surface area contributed by atoms with Crippen molar-refractivity contribution in [3.05, 3.63) is 53.6 Å². The first-order valence-corrected chi connectivity index (χ1v) is 6.54. The van der Waals surface area contributed by atoms with Gasteiger partial charge in [-0.25, -0.2) is 9.37 Å². The van der Waals surface area contributed by atoms with Crippen LogP contribution >= 0.6 is 0 Å². The average Bonchev–Trinajstić information content (AvgIpc) is 2.86. The van der Waals surface area contributed by atoms with E-state index in [0.29, 0.717) is 17.9 Å². The number of ether oxygens (including phenoxy) is 2. The Labute approximate surface area is 121 Å². The number of imidazole rings is 1. The molecule has 2 aromatic carbocycles. The number of fused-ring (bicyclic) bond motifs is 1. The lowest BCUT2D eigenvalue weighted by molar-refractivity contribution is 0.356. The van der Waals surface area contributed by atoms with Gasteiger partial charge in [-0.1, -0.05) is 12.1 Å². The normalized spacial score (nSPS) is 10.8. The number of halogens is 1.